The van der Waals surface area contributed by atoms with E-state index in [1.807, 2.05) is 11.7 Å². The fourth-order valence-electron chi connectivity index (χ4n) is 1.77. The molecule has 0 aliphatic rings. The third-order valence-electron chi connectivity index (χ3n) is 3.31. The first-order chi connectivity index (χ1) is 7.58. The van der Waals surface area contributed by atoms with Crippen LogP contribution in [0.15, 0.2) is 6.07 Å². The molecule has 0 saturated carbocycles. The van der Waals surface area contributed by atoms with E-state index < -0.39 is 0 Å². The van der Waals surface area contributed by atoms with Crippen molar-refractivity contribution in [3.8, 4) is 0 Å². The number of nitrogens with one attached hydrogen (secondary N) is 1. The fraction of sp³-hybridized carbons (Fsp3) is 0.769. The van der Waals surface area contributed by atoms with Gasteiger partial charge in [-0.25, -0.2) is 0 Å². The zero-order valence-corrected chi connectivity index (χ0v) is 11.2. The summed E-state index contributed by atoms with van der Waals surface area (Å²) in [6.07, 6.45) is 3.42. The van der Waals surface area contributed by atoms with E-state index in [0.717, 1.165) is 18.7 Å². The van der Waals surface area contributed by atoms with Gasteiger partial charge in [-0.2, -0.15) is 5.10 Å². The van der Waals surface area contributed by atoms with Crippen molar-refractivity contribution >= 4 is 5.82 Å². The van der Waals surface area contributed by atoms with Crippen molar-refractivity contribution in [2.45, 2.75) is 53.0 Å². The molecule has 0 amide bonds. The number of hydrogen-bond acceptors (Lipinski definition) is 2. The second-order valence-corrected chi connectivity index (χ2v) is 4.71. The smallest absolute Gasteiger partial charge is 0.124 e. The van der Waals surface area contributed by atoms with Crippen molar-refractivity contribution in [1.29, 1.82) is 0 Å². The maximum absolute atomic E-state index is 4.49. The Bertz CT molecular complexity index is 317. The van der Waals surface area contributed by atoms with Gasteiger partial charge in [0.05, 0.1) is 5.69 Å². The van der Waals surface area contributed by atoms with E-state index in [1.54, 1.807) is 0 Å². The minimum Gasteiger partial charge on any atom is -0.368 e. The average molecular weight is 223 g/mol. The summed E-state index contributed by atoms with van der Waals surface area (Å²) in [7, 11) is 2.00. The van der Waals surface area contributed by atoms with E-state index in [1.165, 1.54) is 12.1 Å². The first kappa shape index (κ1) is 13.1. The quantitative estimate of drug-likeness (QED) is 0.802. The minimum atomic E-state index is 0.495. The van der Waals surface area contributed by atoms with Crippen LogP contribution < -0.4 is 5.32 Å². The molecule has 3 nitrogen and oxygen atoms in total. The summed E-state index contributed by atoms with van der Waals surface area (Å²) in [5.41, 5.74) is 1.18. The highest BCUT2D eigenvalue weighted by atomic mass is 15.3. The highest BCUT2D eigenvalue weighted by molar-refractivity contribution is 5.38. The largest absolute Gasteiger partial charge is 0.368 e. The van der Waals surface area contributed by atoms with E-state index in [2.05, 4.69) is 44.2 Å². The van der Waals surface area contributed by atoms with Gasteiger partial charge < -0.3 is 5.32 Å². The van der Waals surface area contributed by atoms with Gasteiger partial charge in [-0.1, -0.05) is 33.6 Å². The Kier molecular flexibility index (Phi) is 4.84. The summed E-state index contributed by atoms with van der Waals surface area (Å²) in [6.45, 7) is 8.93. The van der Waals surface area contributed by atoms with Crippen LogP contribution >= 0.6 is 0 Å². The molecular weight excluding hydrogens is 198 g/mol. The molecule has 1 heterocycles. The van der Waals surface area contributed by atoms with Crippen molar-refractivity contribution in [3.63, 3.8) is 0 Å². The molecule has 2 atom stereocenters. The lowest BCUT2D eigenvalue weighted by molar-refractivity contribution is 0.491. The highest BCUT2D eigenvalue weighted by Crippen LogP contribution is 2.16. The molecule has 1 rings (SSSR count). The third kappa shape index (κ3) is 3.26. The van der Waals surface area contributed by atoms with Gasteiger partial charge in [0.25, 0.3) is 0 Å². The predicted octanol–water partition coefficient (Wildman–Crippen LogP) is 3.22. The summed E-state index contributed by atoms with van der Waals surface area (Å²) in [4.78, 5) is 0. The number of hydrogen-bond donors (Lipinski definition) is 1. The molecule has 0 radical (unpaired) electrons. The van der Waals surface area contributed by atoms with Gasteiger partial charge in [-0.15, -0.1) is 0 Å². The minimum absolute atomic E-state index is 0.495. The summed E-state index contributed by atoms with van der Waals surface area (Å²) in [6, 6.07) is 2.66. The van der Waals surface area contributed by atoms with Crippen molar-refractivity contribution in [2.24, 2.45) is 13.0 Å². The second-order valence-electron chi connectivity index (χ2n) is 4.71. The van der Waals surface area contributed by atoms with Crippen LogP contribution in [0.1, 0.15) is 46.2 Å². The molecule has 16 heavy (non-hydrogen) atoms. The molecule has 2 unspecified atom stereocenters. The summed E-state index contributed by atoms with van der Waals surface area (Å²) < 4.78 is 1.95. The Labute approximate surface area is 99.2 Å². The first-order valence-corrected chi connectivity index (χ1v) is 6.37. The summed E-state index contributed by atoms with van der Waals surface area (Å²) in [5, 5.41) is 8.03. The van der Waals surface area contributed by atoms with Crippen molar-refractivity contribution in [2.75, 3.05) is 5.32 Å². The van der Waals surface area contributed by atoms with E-state index in [-0.39, 0.29) is 0 Å². The van der Waals surface area contributed by atoms with E-state index >= 15 is 0 Å². The Hall–Kier alpha value is -0.990. The zero-order chi connectivity index (χ0) is 12.1. The normalized spacial score (nSPS) is 14.8. The van der Waals surface area contributed by atoms with Crippen LogP contribution in [0, 0.1) is 5.92 Å². The average Bonchev–Trinajstić information content (AvgIpc) is 2.58. The van der Waals surface area contributed by atoms with Gasteiger partial charge in [-0.05, 0) is 19.3 Å². The van der Waals surface area contributed by atoms with Gasteiger partial charge in [0.15, 0.2) is 0 Å². The lowest BCUT2D eigenvalue weighted by Crippen LogP contribution is -2.24. The molecule has 0 bridgehead atoms. The van der Waals surface area contributed by atoms with Crippen LogP contribution in [0.4, 0.5) is 5.82 Å². The van der Waals surface area contributed by atoms with Gasteiger partial charge >= 0.3 is 0 Å². The fourth-order valence-corrected chi connectivity index (χ4v) is 1.77. The zero-order valence-electron chi connectivity index (χ0n) is 11.2. The topological polar surface area (TPSA) is 29.9 Å². The molecule has 0 aromatic carbocycles. The molecule has 0 aliphatic heterocycles. The van der Waals surface area contributed by atoms with Crippen LogP contribution in [0.5, 0.6) is 0 Å². The summed E-state index contributed by atoms with van der Waals surface area (Å²) in [5.74, 6) is 1.82. The van der Waals surface area contributed by atoms with Crippen LogP contribution in [0.25, 0.3) is 0 Å². The van der Waals surface area contributed by atoms with Crippen molar-refractivity contribution in [1.82, 2.24) is 9.78 Å². The van der Waals surface area contributed by atoms with Crippen LogP contribution in [0.3, 0.4) is 0 Å². The summed E-state index contributed by atoms with van der Waals surface area (Å²) >= 11 is 0. The molecule has 0 saturated heterocycles. The molecule has 92 valence electrons. The van der Waals surface area contributed by atoms with Crippen LogP contribution in [0.2, 0.25) is 0 Å². The molecule has 1 aromatic rings. The molecule has 0 fully saturated rings. The maximum atomic E-state index is 4.49. The molecule has 3 heteroatoms. The van der Waals surface area contributed by atoms with E-state index in [9.17, 15) is 0 Å². The monoisotopic (exact) mass is 223 g/mol. The van der Waals surface area contributed by atoms with Crippen molar-refractivity contribution < 1.29 is 0 Å². The number of anilines is 1. The lowest BCUT2D eigenvalue weighted by atomic mass is 10.0. The van der Waals surface area contributed by atoms with Gasteiger partial charge in [0, 0.05) is 19.2 Å². The predicted molar refractivity (Wildman–Crippen MR) is 69.7 cm³/mol. The third-order valence-corrected chi connectivity index (χ3v) is 3.31. The number of aromatic nitrogens is 2. The van der Waals surface area contributed by atoms with Crippen LogP contribution in [-0.4, -0.2) is 15.8 Å². The highest BCUT2D eigenvalue weighted by Gasteiger charge is 2.12. The Morgan fingerprint density at radius 1 is 1.38 bits per heavy atom. The molecule has 0 aliphatic carbocycles. The number of aryl methyl sites for hydroxylation is 2. The first-order valence-electron chi connectivity index (χ1n) is 6.37. The molecule has 1 N–H and O–H groups in total. The van der Waals surface area contributed by atoms with Gasteiger partial charge in [0.2, 0.25) is 0 Å². The van der Waals surface area contributed by atoms with Gasteiger partial charge in [0.1, 0.15) is 5.82 Å². The molecule has 0 spiro atoms. The van der Waals surface area contributed by atoms with E-state index in [4.69, 9.17) is 0 Å². The molecule has 1 aromatic heterocycles. The van der Waals surface area contributed by atoms with E-state index in [0.29, 0.717) is 12.0 Å². The van der Waals surface area contributed by atoms with Crippen LogP contribution in [-0.2, 0) is 13.5 Å². The lowest BCUT2D eigenvalue weighted by Gasteiger charge is -2.20. The maximum Gasteiger partial charge on any atom is 0.124 e. The molecular formula is C13H25N3. The Balaban J connectivity index is 2.65. The Morgan fingerprint density at radius 3 is 2.62 bits per heavy atom. The number of rotatable bonds is 6. The standard InChI is InChI=1S/C13H25N3/c1-6-8-12-9-13(16(5)15-12)14-11(4)10(3)7-2/h9-11,14H,6-8H2,1-5H3. The number of nitrogens with zero attached hydrogens (tertiary/aromatic N) is 2. The van der Waals surface area contributed by atoms with Crippen molar-refractivity contribution in [3.05, 3.63) is 11.8 Å². The Morgan fingerprint density at radius 2 is 2.06 bits per heavy atom. The van der Waals surface area contributed by atoms with Gasteiger partial charge in [-0.3, -0.25) is 4.68 Å². The second kappa shape index (κ2) is 5.92. The SMILES string of the molecule is CCCc1cc(NC(C)C(C)CC)n(C)n1.